The summed E-state index contributed by atoms with van der Waals surface area (Å²) in [4.78, 5) is 20.8. The third kappa shape index (κ3) is 2.06. The van der Waals surface area contributed by atoms with Crippen LogP contribution in [0.25, 0.3) is 21.6 Å². The number of thiophene rings is 1. The van der Waals surface area contributed by atoms with Crippen LogP contribution in [0.15, 0.2) is 34.4 Å². The summed E-state index contributed by atoms with van der Waals surface area (Å²) in [6, 6.07) is 7.95. The highest BCUT2D eigenvalue weighted by molar-refractivity contribution is 7.16. The predicted molar refractivity (Wildman–Crippen MR) is 84.5 cm³/mol. The van der Waals surface area contributed by atoms with Crippen LogP contribution in [0, 0.1) is 6.92 Å². The topological polar surface area (TPSA) is 45.8 Å². The molecule has 3 aromatic rings. The van der Waals surface area contributed by atoms with E-state index in [1.165, 1.54) is 0 Å². The Morgan fingerprint density at radius 3 is 2.70 bits per heavy atom. The molecule has 4 heteroatoms. The quantitative estimate of drug-likeness (QED) is 0.770. The van der Waals surface area contributed by atoms with E-state index in [1.54, 1.807) is 11.3 Å². The molecule has 0 saturated heterocycles. The largest absolute Gasteiger partial charge is 0.306 e. The van der Waals surface area contributed by atoms with Crippen molar-refractivity contribution >= 4 is 21.6 Å². The number of benzene rings is 1. The number of fused-ring (bicyclic) bond motifs is 1. The third-order valence-corrected chi connectivity index (χ3v) is 4.39. The molecule has 0 aliphatic rings. The minimum atomic E-state index is -0.0433. The van der Waals surface area contributed by atoms with E-state index in [4.69, 9.17) is 0 Å². The molecule has 0 radical (unpaired) electrons. The molecule has 0 atom stereocenters. The lowest BCUT2D eigenvalue weighted by molar-refractivity contribution is 0.878. The van der Waals surface area contributed by atoms with Crippen molar-refractivity contribution in [3.63, 3.8) is 0 Å². The highest BCUT2D eigenvalue weighted by Crippen LogP contribution is 2.29. The van der Waals surface area contributed by atoms with Crippen molar-refractivity contribution in [3.05, 3.63) is 51.1 Å². The van der Waals surface area contributed by atoms with Crippen molar-refractivity contribution in [2.24, 2.45) is 0 Å². The van der Waals surface area contributed by atoms with Crippen LogP contribution in [0.3, 0.4) is 0 Å². The summed E-state index contributed by atoms with van der Waals surface area (Å²) in [7, 11) is 0. The number of nitrogens with zero attached hydrogens (tertiary/aromatic N) is 1. The molecule has 0 amide bonds. The minimum absolute atomic E-state index is 0.0433. The first kappa shape index (κ1) is 13.1. The number of aromatic amines is 1. The molecule has 1 aromatic carbocycles. The SMILES string of the molecule is Cc1ccccc1-c1nc2scc(C(C)C)c2c(=O)[nH]1. The second-order valence-electron chi connectivity index (χ2n) is 5.26. The van der Waals surface area contributed by atoms with Crippen LogP contribution in [-0.4, -0.2) is 9.97 Å². The van der Waals surface area contributed by atoms with Crippen LogP contribution in [0.5, 0.6) is 0 Å². The molecule has 0 saturated carbocycles. The van der Waals surface area contributed by atoms with Gasteiger partial charge in [0.25, 0.3) is 5.56 Å². The summed E-state index contributed by atoms with van der Waals surface area (Å²) < 4.78 is 0. The summed E-state index contributed by atoms with van der Waals surface area (Å²) in [5, 5.41) is 2.78. The lowest BCUT2D eigenvalue weighted by Crippen LogP contribution is -2.10. The highest BCUT2D eigenvalue weighted by atomic mass is 32.1. The monoisotopic (exact) mass is 284 g/mol. The van der Waals surface area contributed by atoms with Crippen molar-refractivity contribution in [2.75, 3.05) is 0 Å². The van der Waals surface area contributed by atoms with Gasteiger partial charge in [-0.2, -0.15) is 0 Å². The highest BCUT2D eigenvalue weighted by Gasteiger charge is 2.14. The second kappa shape index (κ2) is 4.87. The zero-order chi connectivity index (χ0) is 14.3. The maximum atomic E-state index is 12.4. The Morgan fingerprint density at radius 2 is 2.00 bits per heavy atom. The molecular weight excluding hydrogens is 268 g/mol. The van der Waals surface area contributed by atoms with Crippen molar-refractivity contribution in [2.45, 2.75) is 26.7 Å². The molecule has 102 valence electrons. The van der Waals surface area contributed by atoms with Gasteiger partial charge in [-0.25, -0.2) is 4.98 Å². The molecule has 3 rings (SSSR count). The van der Waals surface area contributed by atoms with E-state index >= 15 is 0 Å². The molecule has 2 heterocycles. The minimum Gasteiger partial charge on any atom is -0.306 e. The first-order valence-electron chi connectivity index (χ1n) is 6.65. The van der Waals surface area contributed by atoms with Gasteiger partial charge in [-0.05, 0) is 29.3 Å². The first-order valence-corrected chi connectivity index (χ1v) is 7.53. The summed E-state index contributed by atoms with van der Waals surface area (Å²) >= 11 is 1.54. The molecule has 0 bridgehead atoms. The number of rotatable bonds is 2. The molecule has 0 unspecified atom stereocenters. The van der Waals surface area contributed by atoms with E-state index < -0.39 is 0 Å². The Bertz CT molecular complexity index is 830. The first-order chi connectivity index (χ1) is 9.58. The number of aromatic nitrogens is 2. The van der Waals surface area contributed by atoms with Gasteiger partial charge in [0.1, 0.15) is 10.7 Å². The Labute approximate surface area is 121 Å². The summed E-state index contributed by atoms with van der Waals surface area (Å²) in [6.07, 6.45) is 0. The molecular formula is C16H16N2OS. The zero-order valence-electron chi connectivity index (χ0n) is 11.7. The average molecular weight is 284 g/mol. The standard InChI is InChI=1S/C16H16N2OS/c1-9(2)12-8-20-16-13(12)15(19)17-14(18-16)11-7-5-4-6-10(11)3/h4-9H,1-3H3,(H,17,18,19). The summed E-state index contributed by atoms with van der Waals surface area (Å²) in [6.45, 7) is 6.21. The van der Waals surface area contributed by atoms with Gasteiger partial charge in [0, 0.05) is 5.56 Å². The number of H-pyrrole nitrogens is 1. The Balaban J connectivity index is 2.27. The predicted octanol–water partition coefficient (Wildman–Crippen LogP) is 4.08. The van der Waals surface area contributed by atoms with Crippen LogP contribution in [0.1, 0.15) is 30.9 Å². The van der Waals surface area contributed by atoms with E-state index in [9.17, 15) is 4.79 Å². The fraction of sp³-hybridized carbons (Fsp3) is 0.250. The number of aryl methyl sites for hydroxylation is 1. The Morgan fingerprint density at radius 1 is 1.25 bits per heavy atom. The lowest BCUT2D eigenvalue weighted by Gasteiger charge is -2.06. The van der Waals surface area contributed by atoms with Crippen LogP contribution in [-0.2, 0) is 0 Å². The molecule has 3 nitrogen and oxygen atoms in total. The van der Waals surface area contributed by atoms with Crippen molar-refractivity contribution < 1.29 is 0 Å². The maximum absolute atomic E-state index is 12.4. The van der Waals surface area contributed by atoms with E-state index in [-0.39, 0.29) is 5.56 Å². The Kier molecular flexibility index (Phi) is 3.18. The molecule has 0 aliphatic heterocycles. The van der Waals surface area contributed by atoms with Gasteiger partial charge in [-0.3, -0.25) is 4.79 Å². The van der Waals surface area contributed by atoms with Gasteiger partial charge in [-0.15, -0.1) is 11.3 Å². The number of hydrogen-bond acceptors (Lipinski definition) is 3. The fourth-order valence-electron chi connectivity index (χ4n) is 2.36. The van der Waals surface area contributed by atoms with Gasteiger partial charge < -0.3 is 4.98 Å². The van der Waals surface area contributed by atoms with Crippen molar-refractivity contribution in [3.8, 4) is 11.4 Å². The summed E-state index contributed by atoms with van der Waals surface area (Å²) in [5.74, 6) is 0.980. The van der Waals surface area contributed by atoms with Crippen LogP contribution in [0.4, 0.5) is 0 Å². The molecule has 2 aromatic heterocycles. The average Bonchev–Trinajstić information content (AvgIpc) is 2.83. The van der Waals surface area contributed by atoms with Crippen LogP contribution < -0.4 is 5.56 Å². The van der Waals surface area contributed by atoms with E-state index in [1.807, 2.05) is 36.6 Å². The number of hydrogen-bond donors (Lipinski definition) is 1. The van der Waals surface area contributed by atoms with Crippen molar-refractivity contribution in [1.82, 2.24) is 9.97 Å². The van der Waals surface area contributed by atoms with Gasteiger partial charge in [0.15, 0.2) is 0 Å². The van der Waals surface area contributed by atoms with Gasteiger partial charge in [0.2, 0.25) is 0 Å². The van der Waals surface area contributed by atoms with Crippen molar-refractivity contribution in [1.29, 1.82) is 0 Å². The van der Waals surface area contributed by atoms with E-state index in [0.29, 0.717) is 11.7 Å². The third-order valence-electron chi connectivity index (χ3n) is 3.49. The van der Waals surface area contributed by atoms with Gasteiger partial charge in [-0.1, -0.05) is 38.1 Å². The van der Waals surface area contributed by atoms with Crippen LogP contribution >= 0.6 is 11.3 Å². The molecule has 20 heavy (non-hydrogen) atoms. The molecule has 1 N–H and O–H groups in total. The second-order valence-corrected chi connectivity index (χ2v) is 6.11. The maximum Gasteiger partial charge on any atom is 0.260 e. The molecule has 0 fully saturated rings. The Hall–Kier alpha value is -1.94. The van der Waals surface area contributed by atoms with Gasteiger partial charge in [0.05, 0.1) is 5.39 Å². The number of nitrogens with one attached hydrogen (secondary N) is 1. The smallest absolute Gasteiger partial charge is 0.260 e. The zero-order valence-corrected chi connectivity index (χ0v) is 12.5. The summed E-state index contributed by atoms with van der Waals surface area (Å²) in [5.41, 5.74) is 3.12. The molecule has 0 aliphatic carbocycles. The lowest BCUT2D eigenvalue weighted by atomic mass is 10.0. The normalized spacial score (nSPS) is 11.4. The fourth-order valence-corrected chi connectivity index (χ4v) is 3.46. The van der Waals surface area contributed by atoms with E-state index in [0.717, 1.165) is 26.9 Å². The molecule has 0 spiro atoms. The van der Waals surface area contributed by atoms with Gasteiger partial charge >= 0.3 is 0 Å². The van der Waals surface area contributed by atoms with Crippen LogP contribution in [0.2, 0.25) is 0 Å². The van der Waals surface area contributed by atoms with E-state index in [2.05, 4.69) is 23.8 Å².